The van der Waals surface area contributed by atoms with Crippen molar-refractivity contribution in [2.75, 3.05) is 0 Å². The molecule has 2 aromatic heterocycles. The van der Waals surface area contributed by atoms with E-state index in [0.717, 1.165) is 9.44 Å². The molecule has 0 saturated heterocycles. The van der Waals surface area contributed by atoms with Crippen molar-refractivity contribution in [3.8, 4) is 6.07 Å². The van der Waals surface area contributed by atoms with Gasteiger partial charge in [0.2, 0.25) is 0 Å². The predicted octanol–water partition coefficient (Wildman–Crippen LogP) is 0.528. The maximum Gasteiger partial charge on any atom is 0.331 e. The Morgan fingerprint density at radius 3 is 2.82 bits per heavy atom. The van der Waals surface area contributed by atoms with Gasteiger partial charge in [-0.25, -0.2) is 4.79 Å². The van der Waals surface area contributed by atoms with Gasteiger partial charge in [0, 0.05) is 18.1 Å². The number of thiophene rings is 1. The van der Waals surface area contributed by atoms with Gasteiger partial charge in [0.1, 0.15) is 11.6 Å². The first-order valence-corrected chi connectivity index (χ1v) is 5.74. The Morgan fingerprint density at radius 1 is 1.47 bits per heavy atom. The zero-order chi connectivity index (χ0) is 12.4. The van der Waals surface area contributed by atoms with Gasteiger partial charge in [0.05, 0.1) is 6.54 Å². The second-order valence-electron chi connectivity index (χ2n) is 3.51. The molecule has 2 heterocycles. The van der Waals surface area contributed by atoms with Gasteiger partial charge in [-0.2, -0.15) is 5.26 Å². The molecule has 0 unspecified atom stereocenters. The molecule has 2 aromatic rings. The molecule has 86 valence electrons. The Balaban J connectivity index is 2.56. The van der Waals surface area contributed by atoms with Gasteiger partial charge in [0.15, 0.2) is 0 Å². The first-order chi connectivity index (χ1) is 8.13. The maximum atomic E-state index is 11.8. The van der Waals surface area contributed by atoms with Crippen molar-refractivity contribution in [2.45, 2.75) is 6.54 Å². The van der Waals surface area contributed by atoms with Crippen LogP contribution in [0.3, 0.4) is 0 Å². The molecular formula is C11H9N3O2S. The van der Waals surface area contributed by atoms with Crippen LogP contribution in [0.2, 0.25) is 0 Å². The van der Waals surface area contributed by atoms with Gasteiger partial charge in [-0.3, -0.25) is 13.9 Å². The summed E-state index contributed by atoms with van der Waals surface area (Å²) in [7, 11) is 1.37. The molecule has 0 N–H and O–H groups in total. The van der Waals surface area contributed by atoms with Crippen molar-refractivity contribution < 1.29 is 0 Å². The van der Waals surface area contributed by atoms with Crippen LogP contribution in [0.5, 0.6) is 0 Å². The van der Waals surface area contributed by atoms with E-state index in [1.54, 1.807) is 6.07 Å². The quantitative estimate of drug-likeness (QED) is 0.777. The highest BCUT2D eigenvalue weighted by molar-refractivity contribution is 7.09. The van der Waals surface area contributed by atoms with E-state index in [1.165, 1.54) is 29.1 Å². The first kappa shape index (κ1) is 11.4. The average Bonchev–Trinajstić information content (AvgIpc) is 2.83. The highest BCUT2D eigenvalue weighted by Gasteiger charge is 2.08. The highest BCUT2D eigenvalue weighted by Crippen LogP contribution is 2.09. The summed E-state index contributed by atoms with van der Waals surface area (Å²) in [6, 6.07) is 5.58. The van der Waals surface area contributed by atoms with Crippen LogP contribution in [0, 0.1) is 11.3 Å². The van der Waals surface area contributed by atoms with Crippen LogP contribution >= 0.6 is 11.3 Å². The van der Waals surface area contributed by atoms with E-state index in [9.17, 15) is 9.59 Å². The summed E-state index contributed by atoms with van der Waals surface area (Å²) in [5.41, 5.74) is -0.994. The number of rotatable bonds is 2. The van der Waals surface area contributed by atoms with Crippen LogP contribution in [-0.2, 0) is 13.6 Å². The Kier molecular flexibility index (Phi) is 2.93. The summed E-state index contributed by atoms with van der Waals surface area (Å²) in [5.74, 6) is 0. The molecule has 0 radical (unpaired) electrons. The van der Waals surface area contributed by atoms with E-state index in [2.05, 4.69) is 0 Å². The lowest BCUT2D eigenvalue weighted by atomic mass is 10.3. The summed E-state index contributed by atoms with van der Waals surface area (Å²) in [5, 5.41) is 10.7. The smallest absolute Gasteiger partial charge is 0.294 e. The molecule has 0 aliphatic heterocycles. The fraction of sp³-hybridized carbons (Fsp3) is 0.182. The van der Waals surface area contributed by atoms with Gasteiger partial charge in [0.25, 0.3) is 5.56 Å². The first-order valence-electron chi connectivity index (χ1n) is 4.86. The zero-order valence-corrected chi connectivity index (χ0v) is 9.90. The second-order valence-corrected chi connectivity index (χ2v) is 4.54. The van der Waals surface area contributed by atoms with Gasteiger partial charge in [-0.1, -0.05) is 6.07 Å². The zero-order valence-electron chi connectivity index (χ0n) is 9.08. The minimum atomic E-state index is -0.556. The molecule has 2 rings (SSSR count). The van der Waals surface area contributed by atoms with Crippen molar-refractivity contribution in [3.63, 3.8) is 0 Å². The highest BCUT2D eigenvalue weighted by atomic mass is 32.1. The third kappa shape index (κ3) is 2.05. The molecule has 0 amide bonds. The van der Waals surface area contributed by atoms with Gasteiger partial charge < -0.3 is 0 Å². The lowest BCUT2D eigenvalue weighted by molar-refractivity contribution is 0.647. The SMILES string of the molecule is Cn1c(=O)c(C#N)cn(Cc2cccs2)c1=O. The van der Waals surface area contributed by atoms with Crippen LogP contribution < -0.4 is 11.2 Å². The minimum absolute atomic E-state index is 0.0244. The summed E-state index contributed by atoms with van der Waals surface area (Å²) < 4.78 is 2.32. The molecule has 0 aliphatic carbocycles. The van der Waals surface area contributed by atoms with E-state index in [1.807, 2.05) is 17.5 Å². The molecule has 0 bridgehead atoms. The fourth-order valence-corrected chi connectivity index (χ4v) is 2.19. The van der Waals surface area contributed by atoms with Crippen LogP contribution in [0.25, 0.3) is 0 Å². The van der Waals surface area contributed by atoms with Crippen LogP contribution in [0.15, 0.2) is 33.3 Å². The molecular weight excluding hydrogens is 238 g/mol. The van der Waals surface area contributed by atoms with E-state index in [-0.39, 0.29) is 5.56 Å². The predicted molar refractivity (Wildman–Crippen MR) is 64.1 cm³/mol. The standard InChI is InChI=1S/C11H9N3O2S/c1-13-10(15)8(5-12)6-14(11(13)16)7-9-3-2-4-17-9/h2-4,6H,7H2,1H3. The number of nitriles is 1. The molecule has 5 nitrogen and oxygen atoms in total. The number of nitrogens with zero attached hydrogens (tertiary/aromatic N) is 3. The molecule has 0 spiro atoms. The average molecular weight is 247 g/mol. The monoisotopic (exact) mass is 247 g/mol. The summed E-state index contributed by atoms with van der Waals surface area (Å²) >= 11 is 1.52. The van der Waals surface area contributed by atoms with Gasteiger partial charge in [-0.15, -0.1) is 11.3 Å². The Hall–Kier alpha value is -2.13. The molecule has 0 saturated carbocycles. The van der Waals surface area contributed by atoms with Gasteiger partial charge >= 0.3 is 5.69 Å². The van der Waals surface area contributed by atoms with Crippen molar-refractivity contribution in [2.24, 2.45) is 7.05 Å². The van der Waals surface area contributed by atoms with E-state index < -0.39 is 11.2 Å². The van der Waals surface area contributed by atoms with Gasteiger partial charge in [-0.05, 0) is 11.4 Å². The number of hydrogen-bond acceptors (Lipinski definition) is 4. The second kappa shape index (κ2) is 4.39. The number of aromatic nitrogens is 2. The fourth-order valence-electron chi connectivity index (χ4n) is 1.49. The lowest BCUT2D eigenvalue weighted by Gasteiger charge is -2.06. The third-order valence-electron chi connectivity index (χ3n) is 2.38. The van der Waals surface area contributed by atoms with Crippen molar-refractivity contribution in [1.82, 2.24) is 9.13 Å². The Morgan fingerprint density at radius 2 is 2.24 bits per heavy atom. The molecule has 0 aliphatic rings. The normalized spacial score (nSPS) is 10.1. The maximum absolute atomic E-state index is 11.8. The van der Waals surface area contributed by atoms with Crippen molar-refractivity contribution in [3.05, 3.63) is 55.0 Å². The molecule has 17 heavy (non-hydrogen) atoms. The lowest BCUT2D eigenvalue weighted by Crippen LogP contribution is -2.39. The largest absolute Gasteiger partial charge is 0.331 e. The van der Waals surface area contributed by atoms with Crippen molar-refractivity contribution >= 4 is 11.3 Å². The van der Waals surface area contributed by atoms with Crippen LogP contribution in [0.1, 0.15) is 10.4 Å². The summed E-state index contributed by atoms with van der Waals surface area (Å²) in [6.07, 6.45) is 1.31. The Labute approximate surface area is 101 Å². The minimum Gasteiger partial charge on any atom is -0.294 e. The van der Waals surface area contributed by atoms with E-state index >= 15 is 0 Å². The van der Waals surface area contributed by atoms with Crippen LogP contribution in [0.4, 0.5) is 0 Å². The van der Waals surface area contributed by atoms with E-state index in [0.29, 0.717) is 6.54 Å². The summed E-state index contributed by atoms with van der Waals surface area (Å²) in [4.78, 5) is 24.3. The number of hydrogen-bond donors (Lipinski definition) is 0. The Bertz CT molecular complexity index is 689. The van der Waals surface area contributed by atoms with Crippen molar-refractivity contribution in [1.29, 1.82) is 5.26 Å². The van der Waals surface area contributed by atoms with Crippen LogP contribution in [-0.4, -0.2) is 9.13 Å². The third-order valence-corrected chi connectivity index (χ3v) is 3.24. The van der Waals surface area contributed by atoms with E-state index in [4.69, 9.17) is 5.26 Å². The molecule has 0 aromatic carbocycles. The molecule has 6 heteroatoms. The molecule has 0 fully saturated rings. The molecule has 0 atom stereocenters. The topological polar surface area (TPSA) is 67.8 Å². The summed E-state index contributed by atoms with van der Waals surface area (Å²) in [6.45, 7) is 0.374.